The summed E-state index contributed by atoms with van der Waals surface area (Å²) in [7, 11) is 0. The van der Waals surface area contributed by atoms with Gasteiger partial charge in [-0.3, -0.25) is 0 Å². The van der Waals surface area contributed by atoms with E-state index in [0.29, 0.717) is 5.41 Å². The van der Waals surface area contributed by atoms with E-state index in [9.17, 15) is 0 Å². The Bertz CT molecular complexity index is 111. The van der Waals surface area contributed by atoms with Crippen molar-refractivity contribution in [2.45, 2.75) is 46.0 Å². The Morgan fingerprint density at radius 1 is 1.25 bits per heavy atom. The second kappa shape index (κ2) is 4.86. The molecule has 0 amide bonds. The van der Waals surface area contributed by atoms with Crippen LogP contribution in [0.5, 0.6) is 0 Å². The van der Waals surface area contributed by atoms with Crippen molar-refractivity contribution in [3.05, 3.63) is 6.42 Å². The Balaban J connectivity index is 2.04. The van der Waals surface area contributed by atoms with Crippen molar-refractivity contribution in [2.75, 3.05) is 13.2 Å². The van der Waals surface area contributed by atoms with E-state index in [0.717, 1.165) is 13.2 Å². The van der Waals surface area contributed by atoms with Gasteiger partial charge in [0.25, 0.3) is 0 Å². The molecular weight excluding hydrogens is 148 g/mol. The van der Waals surface area contributed by atoms with Crippen LogP contribution in [0.3, 0.4) is 0 Å². The SMILES string of the molecule is CCCCC[CH]C1(CC)COC1. The first-order chi connectivity index (χ1) is 5.83. The lowest BCUT2D eigenvalue weighted by Crippen LogP contribution is -2.42. The largest absolute Gasteiger partial charge is 0.380 e. The highest BCUT2D eigenvalue weighted by Crippen LogP contribution is 2.35. The minimum Gasteiger partial charge on any atom is -0.380 e. The molecule has 0 aromatic carbocycles. The van der Waals surface area contributed by atoms with Crippen molar-refractivity contribution < 1.29 is 4.74 Å². The van der Waals surface area contributed by atoms with Crippen LogP contribution in [0.2, 0.25) is 0 Å². The third-order valence-electron chi connectivity index (χ3n) is 2.87. The molecule has 0 aromatic rings. The van der Waals surface area contributed by atoms with Gasteiger partial charge in [-0.1, -0.05) is 33.1 Å². The first-order valence-electron chi connectivity index (χ1n) is 5.25. The number of hydrogen-bond donors (Lipinski definition) is 0. The summed E-state index contributed by atoms with van der Waals surface area (Å²) in [6.07, 6.45) is 9.08. The zero-order chi connectivity index (χ0) is 8.86. The van der Waals surface area contributed by atoms with Crippen LogP contribution in [-0.2, 0) is 4.74 Å². The van der Waals surface area contributed by atoms with E-state index < -0.39 is 0 Å². The van der Waals surface area contributed by atoms with Crippen LogP contribution in [0.25, 0.3) is 0 Å². The van der Waals surface area contributed by atoms with Crippen LogP contribution in [0.1, 0.15) is 46.0 Å². The smallest absolute Gasteiger partial charge is 0.0547 e. The average Bonchev–Trinajstić information content (AvgIpc) is 2.02. The Morgan fingerprint density at radius 2 is 2.00 bits per heavy atom. The lowest BCUT2D eigenvalue weighted by Gasteiger charge is -2.40. The second-order valence-electron chi connectivity index (χ2n) is 3.91. The maximum Gasteiger partial charge on any atom is 0.0547 e. The molecule has 1 saturated heterocycles. The normalized spacial score (nSPS) is 20.5. The lowest BCUT2D eigenvalue weighted by molar-refractivity contribution is -0.0953. The van der Waals surface area contributed by atoms with Crippen LogP contribution in [0.15, 0.2) is 0 Å². The molecule has 71 valence electrons. The number of rotatable bonds is 6. The van der Waals surface area contributed by atoms with Crippen LogP contribution >= 0.6 is 0 Å². The molecule has 1 heteroatoms. The molecule has 1 radical (unpaired) electrons. The number of ether oxygens (including phenoxy) is 1. The van der Waals surface area contributed by atoms with E-state index in [-0.39, 0.29) is 0 Å². The molecular formula is C11H21O. The average molecular weight is 169 g/mol. The van der Waals surface area contributed by atoms with Crippen LogP contribution < -0.4 is 0 Å². The topological polar surface area (TPSA) is 9.23 Å². The van der Waals surface area contributed by atoms with Gasteiger partial charge in [-0.25, -0.2) is 0 Å². The maximum absolute atomic E-state index is 5.25. The Labute approximate surface area is 76.5 Å². The third kappa shape index (κ3) is 2.48. The molecule has 0 N–H and O–H groups in total. The monoisotopic (exact) mass is 169 g/mol. The van der Waals surface area contributed by atoms with Gasteiger partial charge in [-0.15, -0.1) is 0 Å². The second-order valence-corrected chi connectivity index (χ2v) is 3.91. The van der Waals surface area contributed by atoms with Gasteiger partial charge in [0.1, 0.15) is 0 Å². The fourth-order valence-electron chi connectivity index (χ4n) is 1.63. The molecule has 0 saturated carbocycles. The molecule has 1 nitrogen and oxygen atoms in total. The quantitative estimate of drug-likeness (QED) is 0.555. The molecule has 12 heavy (non-hydrogen) atoms. The molecule has 0 unspecified atom stereocenters. The van der Waals surface area contributed by atoms with Crippen LogP contribution in [-0.4, -0.2) is 13.2 Å². The Kier molecular flexibility index (Phi) is 4.07. The van der Waals surface area contributed by atoms with Gasteiger partial charge in [0.05, 0.1) is 13.2 Å². The van der Waals surface area contributed by atoms with Crippen LogP contribution in [0, 0.1) is 11.8 Å². The van der Waals surface area contributed by atoms with Gasteiger partial charge < -0.3 is 4.74 Å². The first kappa shape index (κ1) is 10.0. The van der Waals surface area contributed by atoms with E-state index in [1.165, 1.54) is 32.1 Å². The van der Waals surface area contributed by atoms with Crippen molar-refractivity contribution in [3.63, 3.8) is 0 Å². The van der Waals surface area contributed by atoms with Crippen molar-refractivity contribution in [3.8, 4) is 0 Å². The molecule has 1 aliphatic rings. The van der Waals surface area contributed by atoms with Gasteiger partial charge >= 0.3 is 0 Å². The molecule has 0 aromatic heterocycles. The predicted octanol–water partition coefficient (Wildman–Crippen LogP) is 3.20. The van der Waals surface area contributed by atoms with Crippen LogP contribution in [0.4, 0.5) is 0 Å². The molecule has 1 fully saturated rings. The van der Waals surface area contributed by atoms with E-state index in [1.54, 1.807) is 0 Å². The Morgan fingerprint density at radius 3 is 2.42 bits per heavy atom. The maximum atomic E-state index is 5.25. The van der Waals surface area contributed by atoms with E-state index >= 15 is 0 Å². The number of unbranched alkanes of at least 4 members (excludes halogenated alkanes) is 3. The molecule has 1 aliphatic heterocycles. The van der Waals surface area contributed by atoms with Crippen molar-refractivity contribution in [1.82, 2.24) is 0 Å². The highest BCUT2D eigenvalue weighted by Gasteiger charge is 2.35. The van der Waals surface area contributed by atoms with Gasteiger partial charge in [-0.05, 0) is 19.3 Å². The summed E-state index contributed by atoms with van der Waals surface area (Å²) in [6, 6.07) is 0. The van der Waals surface area contributed by atoms with Gasteiger partial charge in [-0.2, -0.15) is 0 Å². The van der Waals surface area contributed by atoms with Crippen molar-refractivity contribution in [1.29, 1.82) is 0 Å². The zero-order valence-electron chi connectivity index (χ0n) is 8.44. The summed E-state index contributed by atoms with van der Waals surface area (Å²) < 4.78 is 5.25. The fourth-order valence-corrected chi connectivity index (χ4v) is 1.63. The van der Waals surface area contributed by atoms with Crippen molar-refractivity contribution in [2.24, 2.45) is 5.41 Å². The van der Waals surface area contributed by atoms with Crippen molar-refractivity contribution >= 4 is 0 Å². The minimum atomic E-state index is 0.466. The predicted molar refractivity (Wildman–Crippen MR) is 52.0 cm³/mol. The summed E-state index contributed by atoms with van der Waals surface area (Å²) >= 11 is 0. The lowest BCUT2D eigenvalue weighted by atomic mass is 9.78. The van der Waals surface area contributed by atoms with Gasteiger partial charge in [0, 0.05) is 5.41 Å². The first-order valence-corrected chi connectivity index (χ1v) is 5.25. The van der Waals surface area contributed by atoms with E-state index in [4.69, 9.17) is 4.74 Å². The highest BCUT2D eigenvalue weighted by atomic mass is 16.5. The minimum absolute atomic E-state index is 0.466. The van der Waals surface area contributed by atoms with Gasteiger partial charge in [0.2, 0.25) is 0 Å². The molecule has 1 heterocycles. The standard InChI is InChI=1S/C11H21O/c1-3-5-6-7-8-11(4-2)9-12-10-11/h8H,3-7,9-10H2,1-2H3. The summed E-state index contributed by atoms with van der Waals surface area (Å²) in [5.41, 5.74) is 0.466. The molecule has 1 rings (SSSR count). The highest BCUT2D eigenvalue weighted by molar-refractivity contribution is 4.96. The zero-order valence-corrected chi connectivity index (χ0v) is 8.44. The third-order valence-corrected chi connectivity index (χ3v) is 2.87. The molecule has 0 aliphatic carbocycles. The summed E-state index contributed by atoms with van der Waals surface area (Å²) in [6.45, 7) is 6.45. The van der Waals surface area contributed by atoms with E-state index in [1.807, 2.05) is 0 Å². The van der Waals surface area contributed by atoms with E-state index in [2.05, 4.69) is 20.3 Å². The summed E-state index contributed by atoms with van der Waals surface area (Å²) in [5, 5.41) is 0. The summed E-state index contributed by atoms with van der Waals surface area (Å²) in [4.78, 5) is 0. The molecule has 0 atom stereocenters. The van der Waals surface area contributed by atoms with Gasteiger partial charge in [0.15, 0.2) is 0 Å². The fraction of sp³-hybridized carbons (Fsp3) is 0.909. The molecule has 0 spiro atoms. The molecule has 0 bridgehead atoms. The Hall–Kier alpha value is -0.0400. The number of hydrogen-bond acceptors (Lipinski definition) is 1. The summed E-state index contributed by atoms with van der Waals surface area (Å²) in [5.74, 6) is 0.